The van der Waals surface area contributed by atoms with E-state index in [2.05, 4.69) is 15.3 Å². The molecule has 4 nitrogen and oxygen atoms in total. The molecule has 2 N–H and O–H groups in total. The molecular weight excluding hydrogens is 238 g/mol. The monoisotopic (exact) mass is 257 g/mol. The van der Waals surface area contributed by atoms with E-state index in [0.29, 0.717) is 0 Å². The van der Waals surface area contributed by atoms with Crippen molar-refractivity contribution < 1.29 is 4.79 Å². The summed E-state index contributed by atoms with van der Waals surface area (Å²) in [6, 6.07) is 5.79. The van der Waals surface area contributed by atoms with E-state index in [1.165, 1.54) is 0 Å². The molecule has 100 valence electrons. The highest BCUT2D eigenvalue weighted by atomic mass is 16.1. The van der Waals surface area contributed by atoms with Crippen molar-refractivity contribution in [2.75, 3.05) is 0 Å². The molecule has 2 rings (SSSR count). The first-order valence-corrected chi connectivity index (χ1v) is 6.49. The van der Waals surface area contributed by atoms with Crippen LogP contribution >= 0.6 is 0 Å². The van der Waals surface area contributed by atoms with Gasteiger partial charge in [0.1, 0.15) is 5.82 Å². The Bertz CT molecular complexity index is 541. The van der Waals surface area contributed by atoms with E-state index >= 15 is 0 Å². The zero-order valence-electron chi connectivity index (χ0n) is 11.5. The number of amides is 1. The number of aryl methyl sites for hydroxylation is 2. The molecule has 0 aliphatic carbocycles. The van der Waals surface area contributed by atoms with Crippen molar-refractivity contribution in [1.82, 2.24) is 15.3 Å². The van der Waals surface area contributed by atoms with Crippen molar-refractivity contribution in [3.05, 3.63) is 53.1 Å². The van der Waals surface area contributed by atoms with Gasteiger partial charge in [-0.15, -0.1) is 0 Å². The minimum absolute atomic E-state index is 0.0427. The van der Waals surface area contributed by atoms with Crippen LogP contribution in [-0.4, -0.2) is 15.9 Å². The van der Waals surface area contributed by atoms with Crippen molar-refractivity contribution in [2.24, 2.45) is 0 Å². The van der Waals surface area contributed by atoms with Gasteiger partial charge in [0.15, 0.2) is 0 Å². The third-order valence-corrected chi connectivity index (χ3v) is 3.27. The molecule has 1 aromatic carbocycles. The molecule has 1 unspecified atom stereocenters. The number of aromatic amines is 1. The second-order valence-corrected chi connectivity index (χ2v) is 4.68. The predicted octanol–water partition coefficient (Wildman–Crippen LogP) is 2.91. The third-order valence-electron chi connectivity index (χ3n) is 3.27. The maximum atomic E-state index is 12.4. The second kappa shape index (κ2) is 5.69. The number of nitrogens with zero attached hydrogens (tertiary/aromatic N) is 1. The zero-order chi connectivity index (χ0) is 13.8. The number of hydrogen-bond donors (Lipinski definition) is 2. The Hall–Kier alpha value is -2.10. The SMILES string of the molecule is CCC(NC(=O)c1c(C)cccc1C)c1ncc[nH]1. The summed E-state index contributed by atoms with van der Waals surface area (Å²) in [5.74, 6) is 0.751. The molecule has 1 atom stereocenters. The lowest BCUT2D eigenvalue weighted by Crippen LogP contribution is -2.30. The van der Waals surface area contributed by atoms with E-state index in [1.807, 2.05) is 39.0 Å². The van der Waals surface area contributed by atoms with Crippen LogP contribution in [0.1, 0.15) is 46.7 Å². The molecule has 0 fully saturated rings. The first-order valence-electron chi connectivity index (χ1n) is 6.49. The van der Waals surface area contributed by atoms with Gasteiger partial charge in [-0.3, -0.25) is 4.79 Å². The molecule has 2 aromatic rings. The highest BCUT2D eigenvalue weighted by molar-refractivity contribution is 5.97. The summed E-state index contributed by atoms with van der Waals surface area (Å²) in [7, 11) is 0. The third kappa shape index (κ3) is 2.84. The van der Waals surface area contributed by atoms with Crippen LogP contribution in [0.5, 0.6) is 0 Å². The van der Waals surface area contributed by atoms with Gasteiger partial charge in [-0.1, -0.05) is 25.1 Å². The predicted molar refractivity (Wildman–Crippen MR) is 75.0 cm³/mol. The second-order valence-electron chi connectivity index (χ2n) is 4.68. The molecule has 1 amide bonds. The smallest absolute Gasteiger partial charge is 0.252 e. The van der Waals surface area contributed by atoms with Crippen LogP contribution in [0.4, 0.5) is 0 Å². The Morgan fingerprint density at radius 3 is 2.58 bits per heavy atom. The minimum Gasteiger partial charge on any atom is -0.347 e. The molecule has 1 heterocycles. The molecule has 0 bridgehead atoms. The molecule has 0 aliphatic heterocycles. The number of rotatable bonds is 4. The Kier molecular flexibility index (Phi) is 4.00. The first-order chi connectivity index (χ1) is 9.13. The Labute approximate surface area is 113 Å². The van der Waals surface area contributed by atoms with Crippen LogP contribution in [0.2, 0.25) is 0 Å². The molecule has 19 heavy (non-hydrogen) atoms. The van der Waals surface area contributed by atoms with Gasteiger partial charge >= 0.3 is 0 Å². The lowest BCUT2D eigenvalue weighted by molar-refractivity contribution is 0.0932. The van der Waals surface area contributed by atoms with E-state index < -0.39 is 0 Å². The van der Waals surface area contributed by atoms with Gasteiger partial charge in [0.2, 0.25) is 0 Å². The van der Waals surface area contributed by atoms with E-state index in [4.69, 9.17) is 0 Å². The first kappa shape index (κ1) is 13.3. The standard InChI is InChI=1S/C15H19N3O/c1-4-12(14-16-8-9-17-14)18-15(19)13-10(2)6-5-7-11(13)3/h5-9,12H,4H2,1-3H3,(H,16,17)(H,18,19). The number of carbonyl (C=O) groups excluding carboxylic acids is 1. The lowest BCUT2D eigenvalue weighted by atomic mass is 10.0. The fourth-order valence-electron chi connectivity index (χ4n) is 2.23. The lowest BCUT2D eigenvalue weighted by Gasteiger charge is -2.16. The summed E-state index contributed by atoms with van der Waals surface area (Å²) in [5.41, 5.74) is 2.74. The fourth-order valence-corrected chi connectivity index (χ4v) is 2.23. The number of benzene rings is 1. The molecule has 0 spiro atoms. The summed E-state index contributed by atoms with van der Waals surface area (Å²) in [6.45, 7) is 5.93. The largest absolute Gasteiger partial charge is 0.347 e. The number of H-pyrrole nitrogens is 1. The van der Waals surface area contributed by atoms with E-state index in [-0.39, 0.29) is 11.9 Å². The Morgan fingerprint density at radius 2 is 2.05 bits per heavy atom. The van der Waals surface area contributed by atoms with Crippen LogP contribution in [0, 0.1) is 13.8 Å². The minimum atomic E-state index is -0.0819. The van der Waals surface area contributed by atoms with Gasteiger partial charge in [-0.2, -0.15) is 0 Å². The summed E-state index contributed by atoms with van der Waals surface area (Å²) in [6.07, 6.45) is 4.26. The maximum absolute atomic E-state index is 12.4. The molecular formula is C15H19N3O. The summed E-state index contributed by atoms with van der Waals surface area (Å²) in [4.78, 5) is 19.7. The van der Waals surface area contributed by atoms with Gasteiger partial charge in [-0.05, 0) is 31.4 Å². The van der Waals surface area contributed by atoms with Crippen molar-refractivity contribution in [1.29, 1.82) is 0 Å². The van der Waals surface area contributed by atoms with Crippen LogP contribution in [-0.2, 0) is 0 Å². The van der Waals surface area contributed by atoms with Crippen molar-refractivity contribution in [3.8, 4) is 0 Å². The molecule has 4 heteroatoms. The molecule has 1 aromatic heterocycles. The van der Waals surface area contributed by atoms with Crippen LogP contribution in [0.3, 0.4) is 0 Å². The molecule has 0 radical (unpaired) electrons. The number of hydrogen-bond acceptors (Lipinski definition) is 2. The fraction of sp³-hybridized carbons (Fsp3) is 0.333. The normalized spacial score (nSPS) is 12.2. The van der Waals surface area contributed by atoms with Gasteiger partial charge < -0.3 is 10.3 Å². The van der Waals surface area contributed by atoms with Gasteiger partial charge in [0.05, 0.1) is 6.04 Å². The van der Waals surface area contributed by atoms with Crippen LogP contribution in [0.15, 0.2) is 30.6 Å². The number of aromatic nitrogens is 2. The van der Waals surface area contributed by atoms with Gasteiger partial charge in [0, 0.05) is 18.0 Å². The van der Waals surface area contributed by atoms with Crippen LogP contribution in [0.25, 0.3) is 0 Å². The highest BCUT2D eigenvalue weighted by Gasteiger charge is 2.18. The summed E-state index contributed by atoms with van der Waals surface area (Å²) >= 11 is 0. The topological polar surface area (TPSA) is 57.8 Å². The number of nitrogens with one attached hydrogen (secondary N) is 2. The average molecular weight is 257 g/mol. The van der Waals surface area contributed by atoms with E-state index in [0.717, 1.165) is 28.9 Å². The van der Waals surface area contributed by atoms with Crippen molar-refractivity contribution in [3.63, 3.8) is 0 Å². The summed E-state index contributed by atoms with van der Waals surface area (Å²) in [5, 5.41) is 3.03. The Morgan fingerprint density at radius 1 is 1.37 bits per heavy atom. The van der Waals surface area contributed by atoms with Crippen molar-refractivity contribution in [2.45, 2.75) is 33.2 Å². The molecule has 0 aliphatic rings. The van der Waals surface area contributed by atoms with Crippen LogP contribution < -0.4 is 5.32 Å². The summed E-state index contributed by atoms with van der Waals surface area (Å²) < 4.78 is 0. The van der Waals surface area contributed by atoms with Crippen molar-refractivity contribution >= 4 is 5.91 Å². The highest BCUT2D eigenvalue weighted by Crippen LogP contribution is 2.17. The average Bonchev–Trinajstić information content (AvgIpc) is 2.89. The van der Waals surface area contributed by atoms with Gasteiger partial charge in [-0.25, -0.2) is 4.98 Å². The van der Waals surface area contributed by atoms with Gasteiger partial charge in [0.25, 0.3) is 5.91 Å². The zero-order valence-corrected chi connectivity index (χ0v) is 11.5. The van der Waals surface area contributed by atoms with E-state index in [9.17, 15) is 4.79 Å². The molecule has 0 saturated carbocycles. The number of imidazole rings is 1. The number of carbonyl (C=O) groups is 1. The van der Waals surface area contributed by atoms with E-state index in [1.54, 1.807) is 12.4 Å². The quantitative estimate of drug-likeness (QED) is 0.884. The molecule has 0 saturated heterocycles. The maximum Gasteiger partial charge on any atom is 0.252 e. The Balaban J connectivity index is 2.21.